The summed E-state index contributed by atoms with van der Waals surface area (Å²) < 4.78 is 0. The molecule has 0 aliphatic heterocycles. The first kappa shape index (κ1) is 18.8. The maximum absolute atomic E-state index is 11.0. The maximum Gasteiger partial charge on any atom is 1.00 e. The Morgan fingerprint density at radius 1 is 0.857 bits per heavy atom. The summed E-state index contributed by atoms with van der Waals surface area (Å²) in [5.74, 6) is -0.403. The normalized spacial score (nSPS) is 9.93. The van der Waals surface area contributed by atoms with Gasteiger partial charge in [-0.1, -0.05) is 39.0 Å². The molecule has 0 heterocycles. The second kappa shape index (κ2) is 7.70. The molecule has 0 spiro atoms. The van der Waals surface area contributed by atoms with Crippen LogP contribution in [0.25, 0.3) is 0 Å². The molecule has 0 fully saturated rings. The van der Waals surface area contributed by atoms with Crippen molar-refractivity contribution in [2.75, 3.05) is 0 Å². The van der Waals surface area contributed by atoms with Crippen molar-refractivity contribution in [2.24, 2.45) is 0 Å². The first-order valence-electron chi connectivity index (χ1n) is 3.89. The third-order valence-electron chi connectivity index (χ3n) is 1.75. The SMILES string of the molecule is CC(C)(C)c1cc([O-])cc([O-])c1.[Rb+].[Rb+]. The predicted octanol–water partition coefficient (Wildman–Crippen LogP) is -4.86. The van der Waals surface area contributed by atoms with Gasteiger partial charge in [0.05, 0.1) is 0 Å². The fourth-order valence-electron chi connectivity index (χ4n) is 1.00. The van der Waals surface area contributed by atoms with Gasteiger partial charge >= 0.3 is 116 Å². The van der Waals surface area contributed by atoms with Crippen LogP contribution in [0.15, 0.2) is 18.2 Å². The third-order valence-corrected chi connectivity index (χ3v) is 1.75. The minimum absolute atomic E-state index is 0. The molecule has 0 bridgehead atoms. The summed E-state index contributed by atoms with van der Waals surface area (Å²) in [4.78, 5) is 0. The third kappa shape index (κ3) is 6.24. The topological polar surface area (TPSA) is 46.1 Å². The summed E-state index contributed by atoms with van der Waals surface area (Å²) in [7, 11) is 0. The van der Waals surface area contributed by atoms with Gasteiger partial charge in [0.25, 0.3) is 0 Å². The average Bonchev–Trinajstić information content (AvgIpc) is 1.82. The van der Waals surface area contributed by atoms with E-state index in [1.807, 2.05) is 20.8 Å². The van der Waals surface area contributed by atoms with Crippen LogP contribution in [0.2, 0.25) is 0 Å². The van der Waals surface area contributed by atoms with Gasteiger partial charge in [-0.05, 0) is 11.0 Å². The van der Waals surface area contributed by atoms with Gasteiger partial charge in [0.1, 0.15) is 0 Å². The van der Waals surface area contributed by atoms with E-state index in [0.717, 1.165) is 11.6 Å². The first-order valence-corrected chi connectivity index (χ1v) is 3.89. The van der Waals surface area contributed by atoms with Crippen molar-refractivity contribution in [3.63, 3.8) is 0 Å². The minimum atomic E-state index is -0.201. The van der Waals surface area contributed by atoms with Gasteiger partial charge in [0.15, 0.2) is 0 Å². The number of hydrogen-bond acceptors (Lipinski definition) is 2. The van der Waals surface area contributed by atoms with Crippen molar-refractivity contribution in [1.29, 1.82) is 0 Å². The molecule has 14 heavy (non-hydrogen) atoms. The van der Waals surface area contributed by atoms with Gasteiger partial charge in [0.2, 0.25) is 0 Å². The molecule has 1 aromatic rings. The van der Waals surface area contributed by atoms with Crippen LogP contribution in [0, 0.1) is 0 Å². The summed E-state index contributed by atoms with van der Waals surface area (Å²) >= 11 is 0. The maximum atomic E-state index is 11.0. The van der Waals surface area contributed by atoms with E-state index in [0.29, 0.717) is 0 Å². The van der Waals surface area contributed by atoms with E-state index in [-0.39, 0.29) is 133 Å². The zero-order valence-electron chi connectivity index (χ0n) is 9.55. The van der Waals surface area contributed by atoms with Gasteiger partial charge in [0, 0.05) is 0 Å². The predicted molar refractivity (Wildman–Crippen MR) is 44.0 cm³/mol. The number of rotatable bonds is 0. The number of benzene rings is 1. The van der Waals surface area contributed by atoms with Crippen molar-refractivity contribution < 1.29 is 127 Å². The van der Waals surface area contributed by atoms with Crippen LogP contribution in [-0.2, 0) is 5.41 Å². The Balaban J connectivity index is 0. The summed E-state index contributed by atoms with van der Waals surface area (Å²) in [5, 5.41) is 21.9. The fraction of sp³-hybridized carbons (Fsp3) is 0.400. The Hall–Kier alpha value is 2.43. The Labute approximate surface area is 183 Å². The van der Waals surface area contributed by atoms with E-state index >= 15 is 0 Å². The molecule has 4 heteroatoms. The van der Waals surface area contributed by atoms with E-state index in [1.54, 1.807) is 0 Å². The molecule has 0 aliphatic carbocycles. The van der Waals surface area contributed by atoms with Gasteiger partial charge in [-0.3, -0.25) is 0 Å². The number of hydrogen-bond donors (Lipinski definition) is 0. The monoisotopic (exact) mass is 334 g/mol. The van der Waals surface area contributed by atoms with Crippen LogP contribution in [-0.4, -0.2) is 0 Å². The molecule has 0 saturated carbocycles. The standard InChI is InChI=1S/C10H14O2.2Rb/c1-10(2,3)7-4-8(11)6-9(12)5-7;;/h4-6,11-12H,1-3H3;;/q;2*+1/p-2. The molecular formula is C10H12O2Rb2. The molecule has 2 nitrogen and oxygen atoms in total. The molecule has 66 valence electrons. The van der Waals surface area contributed by atoms with Crippen molar-refractivity contribution in [1.82, 2.24) is 0 Å². The molecule has 0 aliphatic rings. The molecular weight excluding hydrogens is 323 g/mol. The second-order valence-electron chi connectivity index (χ2n) is 3.94. The van der Waals surface area contributed by atoms with Crippen LogP contribution < -0.4 is 127 Å². The zero-order chi connectivity index (χ0) is 9.35. The van der Waals surface area contributed by atoms with Crippen molar-refractivity contribution in [3.8, 4) is 11.5 Å². The fourth-order valence-corrected chi connectivity index (χ4v) is 1.00. The van der Waals surface area contributed by atoms with E-state index in [4.69, 9.17) is 0 Å². The Bertz CT molecular complexity index is 272. The van der Waals surface area contributed by atoms with Crippen molar-refractivity contribution in [2.45, 2.75) is 26.2 Å². The van der Waals surface area contributed by atoms with Crippen LogP contribution in [0.1, 0.15) is 26.3 Å². The Kier molecular flexibility index (Phi) is 10.3. The molecule has 0 saturated heterocycles. The Morgan fingerprint density at radius 3 is 1.50 bits per heavy atom. The zero-order valence-corrected chi connectivity index (χ0v) is 19.4. The first-order chi connectivity index (χ1) is 5.39. The molecule has 0 unspecified atom stereocenters. The molecule has 1 rings (SSSR count). The summed E-state index contributed by atoms with van der Waals surface area (Å²) in [6.07, 6.45) is 0. The van der Waals surface area contributed by atoms with E-state index in [9.17, 15) is 10.2 Å². The molecule has 1 aromatic carbocycles. The van der Waals surface area contributed by atoms with Gasteiger partial charge in [-0.2, -0.15) is 0 Å². The molecule has 0 radical (unpaired) electrons. The molecule has 0 N–H and O–H groups in total. The van der Waals surface area contributed by atoms with Gasteiger partial charge in [-0.15, -0.1) is 11.5 Å². The van der Waals surface area contributed by atoms with E-state index in [1.165, 1.54) is 12.1 Å². The van der Waals surface area contributed by atoms with Crippen LogP contribution >= 0.6 is 0 Å². The smallest absolute Gasteiger partial charge is 0.872 e. The van der Waals surface area contributed by atoms with E-state index in [2.05, 4.69) is 0 Å². The second-order valence-corrected chi connectivity index (χ2v) is 3.94. The van der Waals surface area contributed by atoms with Crippen LogP contribution in [0.3, 0.4) is 0 Å². The van der Waals surface area contributed by atoms with Crippen molar-refractivity contribution in [3.05, 3.63) is 23.8 Å². The van der Waals surface area contributed by atoms with Gasteiger partial charge < -0.3 is 10.2 Å². The van der Waals surface area contributed by atoms with Crippen molar-refractivity contribution >= 4 is 0 Å². The summed E-state index contributed by atoms with van der Waals surface area (Å²) in [6.45, 7) is 5.92. The largest absolute Gasteiger partial charge is 1.00 e. The Morgan fingerprint density at radius 2 is 1.21 bits per heavy atom. The quantitative estimate of drug-likeness (QED) is 0.478. The molecule has 0 amide bonds. The summed E-state index contributed by atoms with van der Waals surface area (Å²) in [5.41, 5.74) is 0.680. The van der Waals surface area contributed by atoms with Crippen LogP contribution in [0.4, 0.5) is 0 Å². The molecule has 0 aromatic heterocycles. The van der Waals surface area contributed by atoms with Gasteiger partial charge in [-0.25, -0.2) is 0 Å². The summed E-state index contributed by atoms with van der Waals surface area (Å²) in [6, 6.07) is 4.14. The molecule has 0 atom stereocenters. The minimum Gasteiger partial charge on any atom is -0.872 e. The van der Waals surface area contributed by atoms with Crippen LogP contribution in [0.5, 0.6) is 11.5 Å². The average molecular weight is 335 g/mol. The van der Waals surface area contributed by atoms with E-state index < -0.39 is 0 Å².